The molecule has 0 aliphatic heterocycles. The van der Waals surface area contributed by atoms with E-state index in [0.717, 1.165) is 11.1 Å². The van der Waals surface area contributed by atoms with Crippen molar-refractivity contribution in [1.82, 2.24) is 15.0 Å². The second kappa shape index (κ2) is 4.77. The molecule has 1 N–H and O–H groups in total. The minimum absolute atomic E-state index is 0.222. The van der Waals surface area contributed by atoms with Crippen LogP contribution in [0.4, 0.5) is 0 Å². The van der Waals surface area contributed by atoms with E-state index >= 15 is 0 Å². The molecule has 3 aromatic rings. The molecule has 0 atom stereocenters. The lowest BCUT2D eigenvalue weighted by molar-refractivity contribution is 0.0698. The number of nitrogens with zero attached hydrogens (tertiary/aromatic N) is 3. The number of aryl methyl sites for hydroxylation is 1. The first kappa shape index (κ1) is 12.3. The van der Waals surface area contributed by atoms with Gasteiger partial charge in [-0.05, 0) is 24.6 Å². The molecule has 0 radical (unpaired) electrons. The van der Waals surface area contributed by atoms with Gasteiger partial charge in [-0.3, -0.25) is 0 Å². The lowest BCUT2D eigenvalue weighted by Crippen LogP contribution is -2.06. The van der Waals surface area contributed by atoms with Gasteiger partial charge < -0.3 is 5.11 Å². The van der Waals surface area contributed by atoms with Crippen LogP contribution >= 0.6 is 0 Å². The van der Waals surface area contributed by atoms with Crippen LogP contribution in [0.25, 0.3) is 11.0 Å². The molecule has 0 bridgehead atoms. The van der Waals surface area contributed by atoms with Crippen LogP contribution in [0.5, 0.6) is 0 Å². The topological polar surface area (TPSA) is 68.0 Å². The SMILES string of the molecule is Cc1cccc(Cn2nnc3cccc(C(=O)O)c32)c1. The lowest BCUT2D eigenvalue weighted by atomic mass is 10.1. The molecule has 0 amide bonds. The van der Waals surface area contributed by atoms with E-state index in [1.54, 1.807) is 22.9 Å². The van der Waals surface area contributed by atoms with Crippen molar-refractivity contribution in [3.63, 3.8) is 0 Å². The molecule has 0 fully saturated rings. The van der Waals surface area contributed by atoms with E-state index in [1.165, 1.54) is 0 Å². The number of hydrogen-bond donors (Lipinski definition) is 1. The first-order valence-electron chi connectivity index (χ1n) is 6.26. The monoisotopic (exact) mass is 267 g/mol. The van der Waals surface area contributed by atoms with Gasteiger partial charge in [-0.2, -0.15) is 0 Å². The quantitative estimate of drug-likeness (QED) is 0.791. The number of rotatable bonds is 3. The molecule has 2 aromatic carbocycles. The summed E-state index contributed by atoms with van der Waals surface area (Å²) in [6.07, 6.45) is 0. The maximum Gasteiger partial charge on any atom is 0.337 e. The number of para-hydroxylation sites is 1. The van der Waals surface area contributed by atoms with Gasteiger partial charge in [0.1, 0.15) is 11.0 Å². The van der Waals surface area contributed by atoms with E-state index in [1.807, 2.05) is 25.1 Å². The fraction of sp³-hybridized carbons (Fsp3) is 0.133. The summed E-state index contributed by atoms with van der Waals surface area (Å²) < 4.78 is 1.63. The van der Waals surface area contributed by atoms with Gasteiger partial charge in [0.05, 0.1) is 12.1 Å². The van der Waals surface area contributed by atoms with Crippen LogP contribution < -0.4 is 0 Å². The van der Waals surface area contributed by atoms with Crippen LogP contribution in [0.15, 0.2) is 42.5 Å². The van der Waals surface area contributed by atoms with Crippen molar-refractivity contribution in [3.8, 4) is 0 Å². The zero-order valence-electron chi connectivity index (χ0n) is 10.9. The van der Waals surface area contributed by atoms with Crippen LogP contribution in [0, 0.1) is 6.92 Å². The van der Waals surface area contributed by atoms with Gasteiger partial charge in [0, 0.05) is 0 Å². The minimum atomic E-state index is -0.969. The maximum atomic E-state index is 11.3. The number of carbonyl (C=O) groups is 1. The third-order valence-corrected chi connectivity index (χ3v) is 3.18. The summed E-state index contributed by atoms with van der Waals surface area (Å²) >= 11 is 0. The van der Waals surface area contributed by atoms with Gasteiger partial charge in [0.25, 0.3) is 0 Å². The molecule has 3 rings (SSSR count). The predicted molar refractivity (Wildman–Crippen MR) is 74.8 cm³/mol. The first-order chi connectivity index (χ1) is 9.65. The molecule has 0 unspecified atom stereocenters. The Morgan fingerprint density at radius 3 is 2.80 bits per heavy atom. The number of fused-ring (bicyclic) bond motifs is 1. The Hall–Kier alpha value is -2.69. The summed E-state index contributed by atoms with van der Waals surface area (Å²) in [6.45, 7) is 2.52. The summed E-state index contributed by atoms with van der Waals surface area (Å²) in [5.74, 6) is -0.969. The van der Waals surface area contributed by atoms with Crippen LogP contribution in [0.3, 0.4) is 0 Å². The number of benzene rings is 2. The highest BCUT2D eigenvalue weighted by Gasteiger charge is 2.14. The number of carboxylic acid groups (broad SMARTS) is 1. The highest BCUT2D eigenvalue weighted by molar-refractivity contribution is 6.00. The van der Waals surface area contributed by atoms with E-state index in [2.05, 4.69) is 16.4 Å². The van der Waals surface area contributed by atoms with Gasteiger partial charge in [-0.15, -0.1) is 5.10 Å². The molecule has 0 saturated heterocycles. The molecule has 1 heterocycles. The highest BCUT2D eigenvalue weighted by Crippen LogP contribution is 2.18. The Labute approximate surface area is 115 Å². The van der Waals surface area contributed by atoms with E-state index < -0.39 is 5.97 Å². The van der Waals surface area contributed by atoms with Crippen molar-refractivity contribution in [3.05, 3.63) is 59.2 Å². The third kappa shape index (κ3) is 2.14. The molecular formula is C15H13N3O2. The highest BCUT2D eigenvalue weighted by atomic mass is 16.4. The third-order valence-electron chi connectivity index (χ3n) is 3.18. The zero-order valence-corrected chi connectivity index (χ0v) is 10.9. The molecule has 0 spiro atoms. The molecule has 20 heavy (non-hydrogen) atoms. The summed E-state index contributed by atoms with van der Waals surface area (Å²) in [5.41, 5.74) is 3.60. The minimum Gasteiger partial charge on any atom is -0.478 e. The van der Waals surface area contributed by atoms with Gasteiger partial charge in [-0.1, -0.05) is 41.1 Å². The van der Waals surface area contributed by atoms with E-state index in [9.17, 15) is 9.90 Å². The molecular weight excluding hydrogens is 254 g/mol. The Morgan fingerprint density at radius 2 is 2.05 bits per heavy atom. The van der Waals surface area contributed by atoms with Crippen molar-refractivity contribution in [2.24, 2.45) is 0 Å². The Kier molecular flexibility index (Phi) is 2.95. The second-order valence-corrected chi connectivity index (χ2v) is 4.71. The van der Waals surface area contributed by atoms with Crippen molar-refractivity contribution in [2.45, 2.75) is 13.5 Å². The first-order valence-corrected chi connectivity index (χ1v) is 6.26. The molecule has 1 aromatic heterocycles. The Bertz CT molecular complexity index is 793. The molecule has 5 heteroatoms. The van der Waals surface area contributed by atoms with E-state index in [-0.39, 0.29) is 5.56 Å². The predicted octanol–water partition coefficient (Wildman–Crippen LogP) is 2.49. The van der Waals surface area contributed by atoms with Gasteiger partial charge in [0.15, 0.2) is 0 Å². The van der Waals surface area contributed by atoms with Gasteiger partial charge in [-0.25, -0.2) is 9.48 Å². The molecule has 100 valence electrons. The molecule has 0 aliphatic carbocycles. The molecule has 5 nitrogen and oxygen atoms in total. The second-order valence-electron chi connectivity index (χ2n) is 4.71. The fourth-order valence-electron chi connectivity index (χ4n) is 2.30. The Morgan fingerprint density at radius 1 is 1.25 bits per heavy atom. The number of aromatic nitrogens is 3. The number of aromatic carboxylic acids is 1. The van der Waals surface area contributed by atoms with Crippen molar-refractivity contribution >= 4 is 17.0 Å². The summed E-state index contributed by atoms with van der Waals surface area (Å²) in [7, 11) is 0. The van der Waals surface area contributed by atoms with Gasteiger partial charge >= 0.3 is 5.97 Å². The largest absolute Gasteiger partial charge is 0.478 e. The van der Waals surface area contributed by atoms with E-state index in [4.69, 9.17) is 0 Å². The standard InChI is InChI=1S/C15H13N3O2/c1-10-4-2-5-11(8-10)9-18-14-12(15(19)20)6-3-7-13(14)16-17-18/h2-8H,9H2,1H3,(H,19,20). The van der Waals surface area contributed by atoms with Crippen molar-refractivity contribution in [1.29, 1.82) is 0 Å². The fourth-order valence-corrected chi connectivity index (χ4v) is 2.30. The van der Waals surface area contributed by atoms with Crippen LogP contribution in [-0.4, -0.2) is 26.1 Å². The molecule has 0 aliphatic rings. The summed E-state index contributed by atoms with van der Waals surface area (Å²) in [5, 5.41) is 17.4. The average Bonchev–Trinajstić information content (AvgIpc) is 2.82. The van der Waals surface area contributed by atoms with Crippen LogP contribution in [-0.2, 0) is 6.54 Å². The van der Waals surface area contributed by atoms with Gasteiger partial charge in [0.2, 0.25) is 0 Å². The lowest BCUT2D eigenvalue weighted by Gasteiger charge is -2.05. The number of carboxylic acids is 1. The normalized spacial score (nSPS) is 10.8. The van der Waals surface area contributed by atoms with E-state index in [0.29, 0.717) is 17.6 Å². The average molecular weight is 267 g/mol. The van der Waals surface area contributed by atoms with Crippen LogP contribution in [0.1, 0.15) is 21.5 Å². The summed E-state index contributed by atoms with van der Waals surface area (Å²) in [4.78, 5) is 11.3. The summed E-state index contributed by atoms with van der Waals surface area (Å²) in [6, 6.07) is 13.0. The van der Waals surface area contributed by atoms with Crippen LogP contribution in [0.2, 0.25) is 0 Å². The van der Waals surface area contributed by atoms with Crippen molar-refractivity contribution in [2.75, 3.05) is 0 Å². The Balaban J connectivity index is 2.10. The zero-order chi connectivity index (χ0) is 14.1. The molecule has 0 saturated carbocycles. The van der Waals surface area contributed by atoms with Crippen molar-refractivity contribution < 1.29 is 9.90 Å². The maximum absolute atomic E-state index is 11.3. The smallest absolute Gasteiger partial charge is 0.337 e. The number of hydrogen-bond acceptors (Lipinski definition) is 3.